The highest BCUT2D eigenvalue weighted by atomic mass is 35.5. The van der Waals surface area contributed by atoms with Crippen molar-refractivity contribution in [3.8, 4) is 0 Å². The monoisotopic (exact) mass is 366 g/mol. The summed E-state index contributed by atoms with van der Waals surface area (Å²) in [5.41, 5.74) is 0.550. The summed E-state index contributed by atoms with van der Waals surface area (Å²) >= 11 is 5.81. The number of rotatable bonds is 6. The highest BCUT2D eigenvalue weighted by Crippen LogP contribution is 2.16. The van der Waals surface area contributed by atoms with Crippen molar-refractivity contribution in [2.75, 3.05) is 5.32 Å². The fourth-order valence-corrected chi connectivity index (χ4v) is 3.57. The molecule has 0 radical (unpaired) electrons. The molecular formula is C17H19ClN2O3S. The number of carbonyl (C=O) groups excluding carboxylic acids is 1. The zero-order valence-electron chi connectivity index (χ0n) is 13.4. The largest absolute Gasteiger partial charge is 0.325 e. The lowest BCUT2D eigenvalue weighted by atomic mass is 10.0. The van der Waals surface area contributed by atoms with Gasteiger partial charge in [-0.3, -0.25) is 4.79 Å². The standard InChI is InChI=1S/C17H19ClN2O3S/c1-12(2)16(17(21)19-14-10-8-13(18)9-11-14)20-24(22,23)15-6-4-3-5-7-15/h3-12,16,20H,1-2H3,(H,19,21)/t16-/m0/s1. The lowest BCUT2D eigenvalue weighted by molar-refractivity contribution is -0.118. The molecule has 2 aromatic rings. The lowest BCUT2D eigenvalue weighted by Gasteiger charge is -2.21. The second-order valence-electron chi connectivity index (χ2n) is 5.65. The normalized spacial score (nSPS) is 12.8. The van der Waals surface area contributed by atoms with E-state index in [4.69, 9.17) is 11.6 Å². The Hall–Kier alpha value is -1.89. The molecule has 0 spiro atoms. The molecule has 0 saturated heterocycles. The van der Waals surface area contributed by atoms with Gasteiger partial charge in [0.25, 0.3) is 0 Å². The predicted molar refractivity (Wildman–Crippen MR) is 95.5 cm³/mol. The number of hydrogen-bond acceptors (Lipinski definition) is 3. The minimum atomic E-state index is -3.78. The van der Waals surface area contributed by atoms with Crippen LogP contribution < -0.4 is 10.0 Å². The minimum absolute atomic E-state index is 0.120. The Morgan fingerprint density at radius 3 is 2.12 bits per heavy atom. The molecule has 0 saturated carbocycles. The SMILES string of the molecule is CC(C)[C@H](NS(=O)(=O)c1ccccc1)C(=O)Nc1ccc(Cl)cc1. The number of anilines is 1. The van der Waals surface area contributed by atoms with Crippen LogP contribution >= 0.6 is 11.6 Å². The van der Waals surface area contributed by atoms with Gasteiger partial charge in [-0.15, -0.1) is 0 Å². The summed E-state index contributed by atoms with van der Waals surface area (Å²) in [6.07, 6.45) is 0. The molecule has 7 heteroatoms. The predicted octanol–water partition coefficient (Wildman–Crippen LogP) is 3.28. The van der Waals surface area contributed by atoms with Crippen molar-refractivity contribution in [3.05, 3.63) is 59.6 Å². The van der Waals surface area contributed by atoms with Crippen molar-refractivity contribution in [2.24, 2.45) is 5.92 Å². The zero-order chi connectivity index (χ0) is 17.7. The molecular weight excluding hydrogens is 348 g/mol. The van der Waals surface area contributed by atoms with Crippen LogP contribution in [0.2, 0.25) is 5.02 Å². The molecule has 2 aromatic carbocycles. The van der Waals surface area contributed by atoms with E-state index in [2.05, 4.69) is 10.0 Å². The molecule has 0 aliphatic rings. The first-order valence-corrected chi connectivity index (χ1v) is 9.29. The molecule has 1 atom stereocenters. The van der Waals surface area contributed by atoms with E-state index in [1.165, 1.54) is 12.1 Å². The molecule has 0 unspecified atom stereocenters. The number of amides is 1. The van der Waals surface area contributed by atoms with Gasteiger partial charge in [0.15, 0.2) is 0 Å². The van der Waals surface area contributed by atoms with Gasteiger partial charge in [0.1, 0.15) is 6.04 Å². The zero-order valence-corrected chi connectivity index (χ0v) is 14.9. The summed E-state index contributed by atoms with van der Waals surface area (Å²) in [6.45, 7) is 3.55. The van der Waals surface area contributed by atoms with Gasteiger partial charge < -0.3 is 5.32 Å². The van der Waals surface area contributed by atoms with Crippen LogP contribution in [0, 0.1) is 5.92 Å². The van der Waals surface area contributed by atoms with Crippen molar-refractivity contribution in [3.63, 3.8) is 0 Å². The second kappa shape index (κ2) is 7.79. The van der Waals surface area contributed by atoms with E-state index >= 15 is 0 Å². The lowest BCUT2D eigenvalue weighted by Crippen LogP contribution is -2.47. The van der Waals surface area contributed by atoms with E-state index in [9.17, 15) is 13.2 Å². The number of benzene rings is 2. The Bertz CT molecular complexity index is 790. The fraction of sp³-hybridized carbons (Fsp3) is 0.235. The van der Waals surface area contributed by atoms with Gasteiger partial charge in [-0.05, 0) is 42.3 Å². The van der Waals surface area contributed by atoms with Gasteiger partial charge in [-0.1, -0.05) is 43.6 Å². The van der Waals surface area contributed by atoms with Crippen molar-refractivity contribution in [1.29, 1.82) is 0 Å². The molecule has 0 fully saturated rings. The van der Waals surface area contributed by atoms with Crippen LogP contribution in [0.4, 0.5) is 5.69 Å². The van der Waals surface area contributed by atoms with Crippen LogP contribution in [-0.4, -0.2) is 20.4 Å². The van der Waals surface area contributed by atoms with Crippen LogP contribution in [0.1, 0.15) is 13.8 Å². The second-order valence-corrected chi connectivity index (χ2v) is 7.80. The van der Waals surface area contributed by atoms with Crippen LogP contribution in [0.15, 0.2) is 59.5 Å². The van der Waals surface area contributed by atoms with Crippen LogP contribution in [0.5, 0.6) is 0 Å². The van der Waals surface area contributed by atoms with Crippen molar-refractivity contribution in [1.82, 2.24) is 4.72 Å². The summed E-state index contributed by atoms with van der Waals surface area (Å²) in [4.78, 5) is 12.6. The summed E-state index contributed by atoms with van der Waals surface area (Å²) in [5, 5.41) is 3.25. The topological polar surface area (TPSA) is 75.3 Å². The molecule has 0 aliphatic heterocycles. The molecule has 2 rings (SSSR count). The Labute approximate surface area is 147 Å². The summed E-state index contributed by atoms with van der Waals surface area (Å²) in [7, 11) is -3.78. The van der Waals surface area contributed by atoms with Crippen LogP contribution in [0.3, 0.4) is 0 Å². The van der Waals surface area contributed by atoms with Gasteiger partial charge in [-0.2, -0.15) is 4.72 Å². The first kappa shape index (κ1) is 18.4. The average molecular weight is 367 g/mol. The number of halogens is 1. The molecule has 0 heterocycles. The fourth-order valence-electron chi connectivity index (χ4n) is 2.08. The highest BCUT2D eigenvalue weighted by molar-refractivity contribution is 7.89. The van der Waals surface area contributed by atoms with Gasteiger partial charge in [-0.25, -0.2) is 8.42 Å². The molecule has 24 heavy (non-hydrogen) atoms. The number of sulfonamides is 1. The summed E-state index contributed by atoms with van der Waals surface area (Å²) in [6, 6.07) is 13.7. The van der Waals surface area contributed by atoms with Gasteiger partial charge in [0.05, 0.1) is 4.90 Å². The third-order valence-corrected chi connectivity index (χ3v) is 5.11. The van der Waals surface area contributed by atoms with Crippen LogP contribution in [-0.2, 0) is 14.8 Å². The minimum Gasteiger partial charge on any atom is -0.325 e. The Morgan fingerprint density at radius 1 is 1.00 bits per heavy atom. The van der Waals surface area contributed by atoms with Gasteiger partial charge in [0, 0.05) is 10.7 Å². The molecule has 2 N–H and O–H groups in total. The van der Waals surface area contributed by atoms with Crippen molar-refractivity contribution in [2.45, 2.75) is 24.8 Å². The molecule has 1 amide bonds. The quantitative estimate of drug-likeness (QED) is 0.823. The smallest absolute Gasteiger partial charge is 0.242 e. The summed E-state index contributed by atoms with van der Waals surface area (Å²) < 4.78 is 27.4. The Morgan fingerprint density at radius 2 is 1.58 bits per heavy atom. The van der Waals surface area contributed by atoms with Gasteiger partial charge >= 0.3 is 0 Å². The molecule has 0 aromatic heterocycles. The number of carbonyl (C=O) groups is 1. The van der Waals surface area contributed by atoms with E-state index in [0.29, 0.717) is 10.7 Å². The first-order valence-electron chi connectivity index (χ1n) is 7.43. The Balaban J connectivity index is 2.17. The maximum absolute atomic E-state index is 12.5. The van der Waals surface area contributed by atoms with Crippen molar-refractivity contribution < 1.29 is 13.2 Å². The highest BCUT2D eigenvalue weighted by Gasteiger charge is 2.28. The third kappa shape index (κ3) is 4.80. The first-order chi connectivity index (χ1) is 11.3. The van der Waals surface area contributed by atoms with E-state index in [1.54, 1.807) is 56.3 Å². The average Bonchev–Trinajstić information content (AvgIpc) is 2.55. The molecule has 0 aliphatic carbocycles. The maximum Gasteiger partial charge on any atom is 0.242 e. The number of nitrogens with one attached hydrogen (secondary N) is 2. The van der Waals surface area contributed by atoms with E-state index in [0.717, 1.165) is 0 Å². The Kier molecular flexibility index (Phi) is 5.99. The van der Waals surface area contributed by atoms with Gasteiger partial charge in [0.2, 0.25) is 15.9 Å². The summed E-state index contributed by atoms with van der Waals surface area (Å²) in [5.74, 6) is -0.650. The molecule has 128 valence electrons. The van der Waals surface area contributed by atoms with Crippen molar-refractivity contribution >= 4 is 33.2 Å². The molecule has 0 bridgehead atoms. The third-order valence-electron chi connectivity index (χ3n) is 3.40. The van der Waals surface area contributed by atoms with E-state index < -0.39 is 22.0 Å². The maximum atomic E-state index is 12.5. The van der Waals surface area contributed by atoms with Crippen LogP contribution in [0.25, 0.3) is 0 Å². The number of hydrogen-bond donors (Lipinski definition) is 2. The van der Waals surface area contributed by atoms with E-state index in [1.807, 2.05) is 0 Å². The van der Waals surface area contributed by atoms with E-state index in [-0.39, 0.29) is 10.8 Å². The molecule has 5 nitrogen and oxygen atoms in total.